The zero-order valence-corrected chi connectivity index (χ0v) is 12.6. The first-order valence-corrected chi connectivity index (χ1v) is 7.10. The molecule has 0 saturated carbocycles. The summed E-state index contributed by atoms with van der Waals surface area (Å²) in [6.07, 6.45) is 3.23. The van der Waals surface area contributed by atoms with Gasteiger partial charge in [0.2, 0.25) is 0 Å². The summed E-state index contributed by atoms with van der Waals surface area (Å²) in [5.74, 6) is 0. The molecule has 108 valence electrons. The molecule has 21 heavy (non-hydrogen) atoms. The van der Waals surface area contributed by atoms with Crippen LogP contribution in [0.1, 0.15) is 26.3 Å². The summed E-state index contributed by atoms with van der Waals surface area (Å²) in [6, 6.07) is 12.4. The van der Waals surface area contributed by atoms with Gasteiger partial charge < -0.3 is 15.5 Å². The molecule has 3 nitrogen and oxygen atoms in total. The van der Waals surface area contributed by atoms with Gasteiger partial charge in [-0.1, -0.05) is 51.1 Å². The third-order valence-corrected chi connectivity index (χ3v) is 3.68. The average molecular weight is 280 g/mol. The average Bonchev–Trinajstić information content (AvgIpc) is 2.82. The van der Waals surface area contributed by atoms with Crippen molar-refractivity contribution in [1.82, 2.24) is 0 Å². The lowest BCUT2D eigenvalue weighted by Crippen LogP contribution is -2.13. The number of hydrogen-bond donors (Lipinski definition) is 2. The number of benzene rings is 2. The number of nitrogens with two attached hydrogens (primary N) is 1. The molecule has 3 aromatic rings. The predicted octanol–water partition coefficient (Wildman–Crippen LogP) is 4.73. The van der Waals surface area contributed by atoms with Gasteiger partial charge in [-0.05, 0) is 17.0 Å². The van der Waals surface area contributed by atoms with Gasteiger partial charge in [-0.15, -0.1) is 0 Å². The van der Waals surface area contributed by atoms with Crippen molar-refractivity contribution in [2.75, 3.05) is 5.32 Å². The largest absolute Gasteiger partial charge is 0.454 e. The summed E-state index contributed by atoms with van der Waals surface area (Å²) in [6.45, 7) is 6.57. The number of fused-ring (bicyclic) bond motifs is 3. The van der Waals surface area contributed by atoms with Crippen molar-refractivity contribution in [1.29, 1.82) is 0 Å². The maximum atomic E-state index is 6.08. The van der Waals surface area contributed by atoms with Crippen LogP contribution < -0.4 is 11.1 Å². The Morgan fingerprint density at radius 3 is 2.52 bits per heavy atom. The van der Waals surface area contributed by atoms with E-state index in [1.54, 1.807) is 6.20 Å². The molecule has 0 atom stereocenters. The van der Waals surface area contributed by atoms with E-state index < -0.39 is 0 Å². The highest BCUT2D eigenvalue weighted by Crippen LogP contribution is 2.39. The lowest BCUT2D eigenvalue weighted by atomic mass is 9.85. The number of anilines is 1. The molecule has 0 unspecified atom stereocenters. The highest BCUT2D eigenvalue weighted by molar-refractivity contribution is 6.09. The molecule has 1 heterocycles. The van der Waals surface area contributed by atoms with E-state index in [9.17, 15) is 0 Å². The van der Waals surface area contributed by atoms with Gasteiger partial charge in [0.15, 0.2) is 5.58 Å². The number of nitrogens with one attached hydrogen (secondary N) is 1. The van der Waals surface area contributed by atoms with Crippen LogP contribution in [0.4, 0.5) is 5.69 Å². The lowest BCUT2D eigenvalue weighted by molar-refractivity contribution is 0.590. The lowest BCUT2D eigenvalue weighted by Gasteiger charge is -2.22. The molecule has 0 spiro atoms. The van der Waals surface area contributed by atoms with Gasteiger partial charge in [0.25, 0.3) is 0 Å². The van der Waals surface area contributed by atoms with Gasteiger partial charge >= 0.3 is 0 Å². The second-order valence-corrected chi connectivity index (χ2v) is 6.22. The van der Waals surface area contributed by atoms with Crippen LogP contribution in [0.5, 0.6) is 0 Å². The molecule has 0 saturated heterocycles. The minimum absolute atomic E-state index is 0.0118. The van der Waals surface area contributed by atoms with Crippen LogP contribution in [0.3, 0.4) is 0 Å². The van der Waals surface area contributed by atoms with E-state index in [4.69, 9.17) is 10.2 Å². The Hall–Kier alpha value is -2.42. The summed E-state index contributed by atoms with van der Waals surface area (Å²) in [5.41, 5.74) is 9.46. The predicted molar refractivity (Wildman–Crippen MR) is 89.4 cm³/mol. The Labute approximate surface area is 124 Å². The van der Waals surface area contributed by atoms with Crippen molar-refractivity contribution in [2.24, 2.45) is 5.73 Å². The zero-order valence-electron chi connectivity index (χ0n) is 12.6. The van der Waals surface area contributed by atoms with Gasteiger partial charge in [-0.3, -0.25) is 0 Å². The van der Waals surface area contributed by atoms with Crippen molar-refractivity contribution < 1.29 is 4.42 Å². The Morgan fingerprint density at radius 2 is 1.81 bits per heavy atom. The van der Waals surface area contributed by atoms with E-state index in [2.05, 4.69) is 44.3 Å². The zero-order chi connectivity index (χ0) is 15.0. The summed E-state index contributed by atoms with van der Waals surface area (Å²) < 4.78 is 6.08. The third kappa shape index (κ3) is 2.25. The van der Waals surface area contributed by atoms with Crippen LogP contribution in [0.15, 0.2) is 53.2 Å². The Kier molecular flexibility index (Phi) is 3.13. The minimum Gasteiger partial charge on any atom is -0.454 e. The van der Waals surface area contributed by atoms with Gasteiger partial charge in [0, 0.05) is 23.2 Å². The van der Waals surface area contributed by atoms with Crippen LogP contribution >= 0.6 is 0 Å². The summed E-state index contributed by atoms with van der Waals surface area (Å²) in [4.78, 5) is 0. The molecule has 0 amide bonds. The number of furan rings is 1. The molecular weight excluding hydrogens is 260 g/mol. The first-order chi connectivity index (χ1) is 10.0. The number of rotatable bonds is 2. The van der Waals surface area contributed by atoms with Crippen molar-refractivity contribution in [2.45, 2.75) is 26.2 Å². The van der Waals surface area contributed by atoms with Crippen LogP contribution in [-0.4, -0.2) is 0 Å². The summed E-state index contributed by atoms with van der Waals surface area (Å²) in [7, 11) is 0. The van der Waals surface area contributed by atoms with Gasteiger partial charge in [0.1, 0.15) is 5.58 Å². The molecule has 2 aromatic carbocycles. The topological polar surface area (TPSA) is 51.2 Å². The van der Waals surface area contributed by atoms with Crippen molar-refractivity contribution in [3.05, 3.63) is 54.4 Å². The Bertz CT molecular complexity index is 822. The van der Waals surface area contributed by atoms with Crippen LogP contribution in [0.2, 0.25) is 0 Å². The third-order valence-electron chi connectivity index (χ3n) is 3.68. The minimum atomic E-state index is 0.0118. The Morgan fingerprint density at radius 1 is 1.05 bits per heavy atom. The molecule has 0 aliphatic carbocycles. The van der Waals surface area contributed by atoms with Gasteiger partial charge in [0.05, 0.1) is 5.69 Å². The molecule has 0 bridgehead atoms. The summed E-state index contributed by atoms with van der Waals surface area (Å²) in [5, 5.41) is 5.52. The monoisotopic (exact) mass is 280 g/mol. The molecule has 3 N–H and O–H groups in total. The first kappa shape index (κ1) is 13.6. The van der Waals surface area contributed by atoms with Crippen LogP contribution in [0, 0.1) is 0 Å². The Balaban J connectivity index is 2.37. The SMILES string of the molecule is CC(C)(C)c1ccc2c(oc3ccccc32)c1N/C=C\N. The van der Waals surface area contributed by atoms with Crippen molar-refractivity contribution in [3.8, 4) is 0 Å². The fourth-order valence-corrected chi connectivity index (χ4v) is 2.69. The fraction of sp³-hybridized carbons (Fsp3) is 0.222. The molecule has 0 aliphatic rings. The second-order valence-electron chi connectivity index (χ2n) is 6.22. The van der Waals surface area contributed by atoms with Crippen LogP contribution in [0.25, 0.3) is 21.9 Å². The van der Waals surface area contributed by atoms with Crippen molar-refractivity contribution in [3.63, 3.8) is 0 Å². The summed E-state index contributed by atoms with van der Waals surface area (Å²) >= 11 is 0. The van der Waals surface area contributed by atoms with E-state index in [0.29, 0.717) is 0 Å². The maximum absolute atomic E-state index is 6.08. The molecule has 3 rings (SSSR count). The molecule has 0 radical (unpaired) electrons. The van der Waals surface area contributed by atoms with E-state index in [1.165, 1.54) is 11.8 Å². The standard InChI is InChI=1S/C18H20N2O/c1-18(2,3)14-9-8-13-12-6-4-5-7-15(12)21-17(13)16(14)20-11-10-19/h4-11,20H,19H2,1-3H3/b11-10-. The van der Waals surface area contributed by atoms with E-state index >= 15 is 0 Å². The van der Waals surface area contributed by atoms with Gasteiger partial charge in [-0.25, -0.2) is 0 Å². The number of hydrogen-bond acceptors (Lipinski definition) is 3. The van der Waals surface area contributed by atoms with Crippen molar-refractivity contribution >= 4 is 27.6 Å². The highest BCUT2D eigenvalue weighted by Gasteiger charge is 2.22. The maximum Gasteiger partial charge on any atom is 0.159 e. The van der Waals surface area contributed by atoms with Crippen LogP contribution in [-0.2, 0) is 5.41 Å². The normalized spacial score (nSPS) is 12.5. The molecule has 0 fully saturated rings. The molecule has 0 aliphatic heterocycles. The van der Waals surface area contributed by atoms with E-state index in [-0.39, 0.29) is 5.41 Å². The van der Waals surface area contributed by atoms with E-state index in [0.717, 1.165) is 27.6 Å². The number of para-hydroxylation sites is 1. The quantitative estimate of drug-likeness (QED) is 0.713. The fourth-order valence-electron chi connectivity index (χ4n) is 2.69. The van der Waals surface area contributed by atoms with Gasteiger partial charge in [-0.2, -0.15) is 0 Å². The molecule has 3 heteroatoms. The highest BCUT2D eigenvalue weighted by atomic mass is 16.3. The molecule has 1 aromatic heterocycles. The first-order valence-electron chi connectivity index (χ1n) is 7.10. The smallest absolute Gasteiger partial charge is 0.159 e. The van der Waals surface area contributed by atoms with E-state index in [1.807, 2.05) is 18.2 Å². The second kappa shape index (κ2) is 4.85. The molecular formula is C18H20N2O.